The minimum absolute atomic E-state index is 0.876. The van der Waals surface area contributed by atoms with E-state index in [1.165, 1.54) is 11.1 Å². The number of nitrogens with zero attached hydrogens (tertiary/aromatic N) is 2. The van der Waals surface area contributed by atoms with Crippen molar-refractivity contribution in [3.8, 4) is 17.0 Å². The lowest BCUT2D eigenvalue weighted by atomic mass is 10.1. The maximum atomic E-state index is 5.23. The van der Waals surface area contributed by atoms with Gasteiger partial charge < -0.3 is 9.14 Å². The van der Waals surface area contributed by atoms with Gasteiger partial charge in [-0.25, -0.2) is 4.98 Å². The van der Waals surface area contributed by atoms with Gasteiger partial charge in [0.1, 0.15) is 11.4 Å². The third-order valence-corrected chi connectivity index (χ3v) is 3.33. The average molecular weight is 252 g/mol. The van der Waals surface area contributed by atoms with Crippen LogP contribution < -0.4 is 4.74 Å². The summed E-state index contributed by atoms with van der Waals surface area (Å²) in [5.41, 5.74) is 5.49. The number of hydrogen-bond acceptors (Lipinski definition) is 2. The summed E-state index contributed by atoms with van der Waals surface area (Å²) in [4.78, 5) is 4.68. The minimum Gasteiger partial charge on any atom is -0.497 e. The maximum absolute atomic E-state index is 5.23. The predicted octanol–water partition coefficient (Wildman–Crippen LogP) is 3.63. The number of benzene rings is 1. The van der Waals surface area contributed by atoms with Crippen molar-refractivity contribution in [3.05, 3.63) is 53.9 Å². The number of hydrogen-bond donors (Lipinski definition) is 0. The van der Waals surface area contributed by atoms with Crippen LogP contribution in [0.25, 0.3) is 16.9 Å². The fourth-order valence-electron chi connectivity index (χ4n) is 2.26. The lowest BCUT2D eigenvalue weighted by Gasteiger charge is -2.05. The Hall–Kier alpha value is -2.29. The normalized spacial score (nSPS) is 10.9. The van der Waals surface area contributed by atoms with E-state index in [0.29, 0.717) is 0 Å². The molecule has 0 saturated carbocycles. The maximum Gasteiger partial charge on any atom is 0.137 e. The standard InChI is InChI=1S/C16H16N2O/c1-11-6-7-18-10-15(17-16(18)8-11)14-5-4-13(19-3)9-12(14)2/h4-10H,1-3H3. The molecule has 2 heterocycles. The van der Waals surface area contributed by atoms with Crippen molar-refractivity contribution >= 4 is 5.65 Å². The molecule has 0 aliphatic heterocycles. The zero-order chi connectivity index (χ0) is 13.4. The van der Waals surface area contributed by atoms with Gasteiger partial charge in [0.05, 0.1) is 12.8 Å². The molecule has 2 aromatic heterocycles. The van der Waals surface area contributed by atoms with Crippen LogP contribution in [-0.2, 0) is 0 Å². The smallest absolute Gasteiger partial charge is 0.137 e. The summed E-state index contributed by atoms with van der Waals surface area (Å²) < 4.78 is 7.28. The fourth-order valence-corrected chi connectivity index (χ4v) is 2.26. The second-order valence-electron chi connectivity index (χ2n) is 4.78. The first kappa shape index (κ1) is 11.8. The molecule has 1 aromatic carbocycles. The first-order chi connectivity index (χ1) is 9.17. The Balaban J connectivity index is 2.13. The number of imidazole rings is 1. The monoisotopic (exact) mass is 252 g/mol. The molecule has 0 aliphatic rings. The van der Waals surface area contributed by atoms with Crippen molar-refractivity contribution in [1.82, 2.24) is 9.38 Å². The molecule has 0 atom stereocenters. The van der Waals surface area contributed by atoms with E-state index in [9.17, 15) is 0 Å². The highest BCUT2D eigenvalue weighted by Crippen LogP contribution is 2.26. The lowest BCUT2D eigenvalue weighted by Crippen LogP contribution is -1.87. The van der Waals surface area contributed by atoms with E-state index < -0.39 is 0 Å². The quantitative estimate of drug-likeness (QED) is 0.696. The van der Waals surface area contributed by atoms with Gasteiger partial charge in [-0.15, -0.1) is 0 Å². The van der Waals surface area contributed by atoms with Gasteiger partial charge in [0.25, 0.3) is 0 Å². The number of methoxy groups -OCH3 is 1. The van der Waals surface area contributed by atoms with Crippen LogP contribution in [0.1, 0.15) is 11.1 Å². The molecule has 0 aliphatic carbocycles. The van der Waals surface area contributed by atoms with Crippen molar-refractivity contribution in [1.29, 1.82) is 0 Å². The third kappa shape index (κ3) is 2.08. The molecular formula is C16H16N2O. The molecule has 0 unspecified atom stereocenters. The SMILES string of the molecule is COc1ccc(-c2cn3ccc(C)cc3n2)c(C)c1. The molecule has 3 aromatic rings. The summed E-state index contributed by atoms with van der Waals surface area (Å²) in [6, 6.07) is 10.2. The highest BCUT2D eigenvalue weighted by molar-refractivity contribution is 5.67. The number of pyridine rings is 1. The Morgan fingerprint density at radius 1 is 1.11 bits per heavy atom. The molecule has 3 rings (SSSR count). The largest absolute Gasteiger partial charge is 0.497 e. The van der Waals surface area contributed by atoms with E-state index in [1.54, 1.807) is 7.11 Å². The zero-order valence-corrected chi connectivity index (χ0v) is 11.3. The fraction of sp³-hybridized carbons (Fsp3) is 0.188. The molecule has 0 N–H and O–H groups in total. The predicted molar refractivity (Wildman–Crippen MR) is 76.7 cm³/mol. The van der Waals surface area contributed by atoms with E-state index in [1.807, 2.05) is 22.7 Å². The van der Waals surface area contributed by atoms with Crippen LogP contribution in [-0.4, -0.2) is 16.5 Å². The number of aryl methyl sites for hydroxylation is 2. The van der Waals surface area contributed by atoms with E-state index >= 15 is 0 Å². The first-order valence-electron chi connectivity index (χ1n) is 6.28. The van der Waals surface area contributed by atoms with Gasteiger partial charge >= 0.3 is 0 Å². The average Bonchev–Trinajstić information content (AvgIpc) is 2.81. The molecule has 96 valence electrons. The summed E-state index contributed by atoms with van der Waals surface area (Å²) in [6.45, 7) is 4.15. The van der Waals surface area contributed by atoms with Gasteiger partial charge in [-0.1, -0.05) is 0 Å². The van der Waals surface area contributed by atoms with Crippen LogP contribution in [0, 0.1) is 13.8 Å². The number of aromatic nitrogens is 2. The number of rotatable bonds is 2. The van der Waals surface area contributed by atoms with Gasteiger partial charge in [-0.2, -0.15) is 0 Å². The van der Waals surface area contributed by atoms with E-state index in [4.69, 9.17) is 4.74 Å². The van der Waals surface area contributed by atoms with Gasteiger partial charge in [-0.3, -0.25) is 0 Å². The van der Waals surface area contributed by atoms with E-state index in [0.717, 1.165) is 22.7 Å². The van der Waals surface area contributed by atoms with Crippen molar-refractivity contribution in [2.75, 3.05) is 7.11 Å². The Morgan fingerprint density at radius 3 is 2.68 bits per heavy atom. The van der Waals surface area contributed by atoms with Gasteiger partial charge in [0, 0.05) is 18.0 Å². The summed E-state index contributed by atoms with van der Waals surface area (Å²) in [6.07, 6.45) is 4.10. The van der Waals surface area contributed by atoms with E-state index in [2.05, 4.69) is 43.2 Å². The first-order valence-corrected chi connectivity index (χ1v) is 6.28. The molecule has 3 nitrogen and oxygen atoms in total. The van der Waals surface area contributed by atoms with Crippen LogP contribution in [0.2, 0.25) is 0 Å². The van der Waals surface area contributed by atoms with Crippen LogP contribution in [0.4, 0.5) is 0 Å². The van der Waals surface area contributed by atoms with Crippen molar-refractivity contribution < 1.29 is 4.74 Å². The van der Waals surface area contributed by atoms with Crippen LogP contribution in [0.3, 0.4) is 0 Å². The molecule has 0 fully saturated rings. The second-order valence-corrected chi connectivity index (χ2v) is 4.78. The molecule has 0 radical (unpaired) electrons. The lowest BCUT2D eigenvalue weighted by molar-refractivity contribution is 0.414. The Bertz CT molecular complexity index is 744. The summed E-state index contributed by atoms with van der Waals surface area (Å²) in [5, 5.41) is 0. The van der Waals surface area contributed by atoms with Crippen molar-refractivity contribution in [3.63, 3.8) is 0 Å². The molecule has 19 heavy (non-hydrogen) atoms. The Kier molecular flexibility index (Phi) is 2.75. The van der Waals surface area contributed by atoms with E-state index in [-0.39, 0.29) is 0 Å². The van der Waals surface area contributed by atoms with Gasteiger partial charge in [0.2, 0.25) is 0 Å². The summed E-state index contributed by atoms with van der Waals surface area (Å²) in [5.74, 6) is 0.876. The molecule has 3 heteroatoms. The van der Waals surface area contributed by atoms with Gasteiger partial charge in [-0.05, 0) is 55.3 Å². The van der Waals surface area contributed by atoms with Crippen LogP contribution in [0.15, 0.2) is 42.7 Å². The molecule has 0 bridgehead atoms. The molecule has 0 spiro atoms. The van der Waals surface area contributed by atoms with Gasteiger partial charge in [0.15, 0.2) is 0 Å². The third-order valence-electron chi connectivity index (χ3n) is 3.33. The highest BCUT2D eigenvalue weighted by atomic mass is 16.5. The van der Waals surface area contributed by atoms with Crippen molar-refractivity contribution in [2.45, 2.75) is 13.8 Å². The molecular weight excluding hydrogens is 236 g/mol. The highest BCUT2D eigenvalue weighted by Gasteiger charge is 2.08. The Morgan fingerprint density at radius 2 is 1.95 bits per heavy atom. The Labute approximate surface area is 112 Å². The van der Waals surface area contributed by atoms with Crippen LogP contribution >= 0.6 is 0 Å². The minimum atomic E-state index is 0.876. The van der Waals surface area contributed by atoms with Crippen LogP contribution in [0.5, 0.6) is 5.75 Å². The summed E-state index contributed by atoms with van der Waals surface area (Å²) in [7, 11) is 1.68. The number of ether oxygens (including phenoxy) is 1. The zero-order valence-electron chi connectivity index (χ0n) is 11.3. The number of fused-ring (bicyclic) bond motifs is 1. The topological polar surface area (TPSA) is 26.5 Å². The van der Waals surface area contributed by atoms with Crippen molar-refractivity contribution in [2.24, 2.45) is 0 Å². The summed E-state index contributed by atoms with van der Waals surface area (Å²) >= 11 is 0. The second kappa shape index (κ2) is 4.43. The molecule has 0 saturated heterocycles. The molecule has 0 amide bonds.